The van der Waals surface area contributed by atoms with Crippen molar-refractivity contribution in [1.82, 2.24) is 15.3 Å². The van der Waals surface area contributed by atoms with Crippen molar-refractivity contribution in [1.29, 1.82) is 0 Å². The minimum absolute atomic E-state index is 0.315. The molecule has 4 rings (SSSR count). The molecule has 1 N–H and O–H groups in total. The molecule has 146 valence electrons. The van der Waals surface area contributed by atoms with Crippen molar-refractivity contribution in [3.63, 3.8) is 0 Å². The number of hydrogen-bond acceptors (Lipinski definition) is 6. The fraction of sp³-hybridized carbons (Fsp3) is 0.174. The first-order chi connectivity index (χ1) is 14.2. The Bertz CT molecular complexity index is 1060. The third kappa shape index (κ3) is 3.71. The molecule has 0 aliphatic carbocycles. The van der Waals surface area contributed by atoms with Crippen LogP contribution in [0.5, 0.6) is 0 Å². The molecule has 1 aliphatic rings. The summed E-state index contributed by atoms with van der Waals surface area (Å²) in [5.74, 6) is -0.636. The Kier molecular flexibility index (Phi) is 5.53. The second-order valence-corrected chi connectivity index (χ2v) is 7.53. The predicted octanol–water partition coefficient (Wildman–Crippen LogP) is 4.63. The lowest BCUT2D eigenvalue weighted by atomic mass is 9.79. The Morgan fingerprint density at radius 3 is 2.66 bits per heavy atom. The van der Waals surface area contributed by atoms with E-state index in [1.165, 1.54) is 0 Å². The highest BCUT2D eigenvalue weighted by atomic mass is 32.1. The summed E-state index contributed by atoms with van der Waals surface area (Å²) in [6, 6.07) is 14.1. The Morgan fingerprint density at radius 1 is 1.17 bits per heavy atom. The Morgan fingerprint density at radius 2 is 2.00 bits per heavy atom. The zero-order valence-electron chi connectivity index (χ0n) is 16.3. The lowest BCUT2D eigenvalue weighted by Crippen LogP contribution is -2.29. The Balaban J connectivity index is 1.99. The number of allylic oxidation sites excluding steroid dienone is 2. The number of carbonyl (C=O) groups excluding carboxylic acids is 1. The van der Waals surface area contributed by atoms with E-state index >= 15 is 0 Å². The lowest BCUT2D eigenvalue weighted by Gasteiger charge is -2.32. The summed E-state index contributed by atoms with van der Waals surface area (Å²) < 4.78 is 5.42. The van der Waals surface area contributed by atoms with Gasteiger partial charge in [-0.25, -0.2) is 4.79 Å². The molecule has 0 saturated carbocycles. The van der Waals surface area contributed by atoms with Gasteiger partial charge in [-0.15, -0.1) is 11.3 Å². The van der Waals surface area contributed by atoms with E-state index in [4.69, 9.17) is 4.74 Å². The van der Waals surface area contributed by atoms with Crippen LogP contribution in [0.15, 0.2) is 77.7 Å². The number of aromatic nitrogens is 2. The number of carbonyl (C=O) groups is 1. The van der Waals surface area contributed by atoms with Crippen molar-refractivity contribution < 1.29 is 9.53 Å². The maximum atomic E-state index is 13.0. The SMILES string of the molecule is CCOC(=O)C1=C(C)NC(c2cccs2)=C(c2cnccn2)C1c1ccccc1. The van der Waals surface area contributed by atoms with Crippen LogP contribution in [-0.2, 0) is 9.53 Å². The largest absolute Gasteiger partial charge is 0.463 e. The highest BCUT2D eigenvalue weighted by molar-refractivity contribution is 7.11. The summed E-state index contributed by atoms with van der Waals surface area (Å²) in [6.07, 6.45) is 5.06. The van der Waals surface area contributed by atoms with Crippen molar-refractivity contribution in [2.24, 2.45) is 0 Å². The highest BCUT2D eigenvalue weighted by Crippen LogP contribution is 2.45. The second-order valence-electron chi connectivity index (χ2n) is 6.58. The number of benzene rings is 1. The molecule has 1 atom stereocenters. The number of hydrogen-bond donors (Lipinski definition) is 1. The molecule has 5 nitrogen and oxygen atoms in total. The number of esters is 1. The number of nitrogens with zero attached hydrogens (tertiary/aromatic N) is 2. The molecular formula is C23H21N3O2S. The van der Waals surface area contributed by atoms with Gasteiger partial charge in [0.05, 0.1) is 34.6 Å². The van der Waals surface area contributed by atoms with Gasteiger partial charge in [-0.3, -0.25) is 9.97 Å². The van der Waals surface area contributed by atoms with Gasteiger partial charge < -0.3 is 10.1 Å². The summed E-state index contributed by atoms with van der Waals surface area (Å²) >= 11 is 1.64. The van der Waals surface area contributed by atoms with E-state index in [1.54, 1.807) is 29.9 Å². The van der Waals surface area contributed by atoms with Crippen molar-refractivity contribution in [3.8, 4) is 0 Å². The lowest BCUT2D eigenvalue weighted by molar-refractivity contribution is -0.138. The van der Waals surface area contributed by atoms with E-state index in [-0.39, 0.29) is 11.9 Å². The van der Waals surface area contributed by atoms with E-state index in [9.17, 15) is 4.79 Å². The molecule has 1 aromatic carbocycles. The number of nitrogens with one attached hydrogen (secondary N) is 1. The van der Waals surface area contributed by atoms with Gasteiger partial charge >= 0.3 is 5.97 Å². The first-order valence-electron chi connectivity index (χ1n) is 9.45. The molecule has 3 aromatic rings. The van der Waals surface area contributed by atoms with Crippen LogP contribution >= 0.6 is 11.3 Å². The van der Waals surface area contributed by atoms with Crippen molar-refractivity contribution in [2.75, 3.05) is 6.61 Å². The quantitative estimate of drug-likeness (QED) is 0.629. The maximum absolute atomic E-state index is 13.0. The van der Waals surface area contributed by atoms with Crippen LogP contribution in [0.25, 0.3) is 11.3 Å². The van der Waals surface area contributed by atoms with Gasteiger partial charge in [0.1, 0.15) is 0 Å². The standard InChI is InChI=1S/C23H21N3O2S/c1-3-28-23(27)19-15(2)26-22(18-10-7-13-29-18)21(17-14-24-11-12-25-17)20(19)16-8-5-4-6-9-16/h4-14,20,26H,3H2,1-2H3. The number of dihydropyridines is 1. The molecule has 0 fully saturated rings. The van der Waals surface area contributed by atoms with E-state index in [2.05, 4.69) is 21.4 Å². The molecule has 1 unspecified atom stereocenters. The second kappa shape index (κ2) is 8.41. The molecule has 2 aromatic heterocycles. The number of rotatable bonds is 5. The summed E-state index contributed by atoms with van der Waals surface area (Å²) in [6.45, 7) is 4.06. The van der Waals surface area contributed by atoms with Gasteiger partial charge in [0.2, 0.25) is 0 Å². The molecule has 0 bridgehead atoms. The summed E-state index contributed by atoms with van der Waals surface area (Å²) in [5.41, 5.74) is 4.98. The van der Waals surface area contributed by atoms with E-state index in [1.807, 2.05) is 55.6 Å². The molecular weight excluding hydrogens is 382 g/mol. The molecule has 1 aliphatic heterocycles. The molecule has 29 heavy (non-hydrogen) atoms. The van der Waals surface area contributed by atoms with Gasteiger partial charge in [0, 0.05) is 29.6 Å². The van der Waals surface area contributed by atoms with Gasteiger partial charge in [-0.1, -0.05) is 36.4 Å². The van der Waals surface area contributed by atoms with Gasteiger partial charge in [-0.2, -0.15) is 0 Å². The zero-order chi connectivity index (χ0) is 20.2. The summed E-state index contributed by atoms with van der Waals surface area (Å²) in [7, 11) is 0. The van der Waals surface area contributed by atoms with E-state index in [0.29, 0.717) is 12.2 Å². The first-order valence-corrected chi connectivity index (χ1v) is 10.3. The number of ether oxygens (including phenoxy) is 1. The third-order valence-electron chi connectivity index (χ3n) is 4.80. The predicted molar refractivity (Wildman–Crippen MR) is 115 cm³/mol. The molecule has 0 saturated heterocycles. The molecule has 0 radical (unpaired) electrons. The molecule has 0 spiro atoms. The number of thiophene rings is 1. The third-order valence-corrected chi connectivity index (χ3v) is 5.69. The Hall–Kier alpha value is -3.25. The van der Waals surface area contributed by atoms with Crippen LogP contribution in [0.1, 0.15) is 35.9 Å². The smallest absolute Gasteiger partial charge is 0.336 e. The molecule has 6 heteroatoms. The van der Waals surface area contributed by atoms with E-state index in [0.717, 1.165) is 33.1 Å². The monoisotopic (exact) mass is 403 g/mol. The van der Waals surface area contributed by atoms with Crippen molar-refractivity contribution in [3.05, 3.63) is 93.8 Å². The fourth-order valence-corrected chi connectivity index (χ4v) is 4.35. The minimum Gasteiger partial charge on any atom is -0.463 e. The highest BCUT2D eigenvalue weighted by Gasteiger charge is 2.36. The van der Waals surface area contributed by atoms with Crippen LogP contribution < -0.4 is 5.32 Å². The summed E-state index contributed by atoms with van der Waals surface area (Å²) in [4.78, 5) is 22.9. The summed E-state index contributed by atoms with van der Waals surface area (Å²) in [5, 5.41) is 5.49. The van der Waals surface area contributed by atoms with E-state index < -0.39 is 0 Å². The normalized spacial score (nSPS) is 16.6. The first kappa shape index (κ1) is 19.1. The Labute approximate surface area is 173 Å². The van der Waals surface area contributed by atoms with Crippen LogP contribution in [0.2, 0.25) is 0 Å². The van der Waals surface area contributed by atoms with Crippen molar-refractivity contribution in [2.45, 2.75) is 19.8 Å². The van der Waals surface area contributed by atoms with Crippen LogP contribution in [0.3, 0.4) is 0 Å². The van der Waals surface area contributed by atoms with Gasteiger partial charge in [-0.05, 0) is 30.9 Å². The van der Waals surface area contributed by atoms with Crippen molar-refractivity contribution >= 4 is 28.6 Å². The van der Waals surface area contributed by atoms with Crippen LogP contribution in [-0.4, -0.2) is 22.5 Å². The maximum Gasteiger partial charge on any atom is 0.336 e. The average Bonchev–Trinajstić information content (AvgIpc) is 3.29. The minimum atomic E-state index is -0.321. The average molecular weight is 404 g/mol. The topological polar surface area (TPSA) is 64.1 Å². The van der Waals surface area contributed by atoms with Crippen LogP contribution in [0.4, 0.5) is 0 Å². The van der Waals surface area contributed by atoms with Crippen LogP contribution in [0, 0.1) is 0 Å². The zero-order valence-corrected chi connectivity index (χ0v) is 17.1. The fourth-order valence-electron chi connectivity index (χ4n) is 3.62. The molecule has 3 heterocycles. The van der Waals surface area contributed by atoms with Gasteiger partial charge in [0.25, 0.3) is 0 Å². The molecule has 0 amide bonds. The van der Waals surface area contributed by atoms with Gasteiger partial charge in [0.15, 0.2) is 0 Å².